The molecule has 0 unspecified atom stereocenters. The van der Waals surface area contributed by atoms with E-state index >= 15 is 0 Å². The van der Waals surface area contributed by atoms with Crippen LogP contribution in [0.4, 0.5) is 5.82 Å². The molecule has 0 saturated carbocycles. The van der Waals surface area contributed by atoms with Gasteiger partial charge in [0, 0.05) is 11.3 Å². The molecule has 1 aromatic rings. The Hall–Kier alpha value is -1.91. The van der Waals surface area contributed by atoms with Crippen molar-refractivity contribution in [3.05, 3.63) is 17.8 Å². The second-order valence-corrected chi connectivity index (χ2v) is 2.74. The van der Waals surface area contributed by atoms with Gasteiger partial charge in [-0.05, 0) is 13.6 Å². The van der Waals surface area contributed by atoms with Gasteiger partial charge in [0.15, 0.2) is 5.82 Å². The molecule has 1 heterocycles. The van der Waals surface area contributed by atoms with Crippen molar-refractivity contribution in [1.82, 2.24) is 9.78 Å². The van der Waals surface area contributed by atoms with Crippen LogP contribution in [0.3, 0.4) is 0 Å². The first-order valence-corrected chi connectivity index (χ1v) is 3.98. The second-order valence-electron chi connectivity index (χ2n) is 2.74. The average Bonchev–Trinajstić information content (AvgIpc) is 2.42. The number of rotatable bonds is 4. The van der Waals surface area contributed by atoms with Crippen molar-refractivity contribution in [2.45, 2.75) is 13.5 Å². The predicted molar refractivity (Wildman–Crippen MR) is 53.9 cm³/mol. The van der Waals surface area contributed by atoms with Crippen LogP contribution in [0.2, 0.25) is 0 Å². The van der Waals surface area contributed by atoms with Gasteiger partial charge in [0.25, 0.3) is 0 Å². The van der Waals surface area contributed by atoms with Crippen molar-refractivity contribution >= 4 is 24.6 Å². The maximum atomic E-state index is 10.5. The van der Waals surface area contributed by atoms with Gasteiger partial charge in [-0.25, -0.2) is 4.99 Å². The summed E-state index contributed by atoms with van der Waals surface area (Å²) in [6.45, 7) is 8.54. The van der Waals surface area contributed by atoms with Gasteiger partial charge in [-0.1, -0.05) is 12.7 Å². The fraction of sp³-hybridized carbons (Fsp3) is 0.222. The molecule has 0 aliphatic heterocycles. The lowest BCUT2D eigenvalue weighted by atomic mass is 10.2. The van der Waals surface area contributed by atoms with E-state index in [1.807, 2.05) is 0 Å². The molecular formula is C9H11N3O2. The van der Waals surface area contributed by atoms with E-state index in [0.717, 1.165) is 11.3 Å². The summed E-state index contributed by atoms with van der Waals surface area (Å²) in [6.07, 6.45) is 1.59. The van der Waals surface area contributed by atoms with Crippen molar-refractivity contribution < 1.29 is 9.90 Å². The number of carboxylic acids is 1. The summed E-state index contributed by atoms with van der Waals surface area (Å²) < 4.78 is 1.36. The third-order valence-corrected chi connectivity index (χ3v) is 1.87. The van der Waals surface area contributed by atoms with Gasteiger partial charge in [0.1, 0.15) is 6.54 Å². The first-order chi connectivity index (χ1) is 6.60. The molecule has 74 valence electrons. The maximum Gasteiger partial charge on any atom is 0.325 e. The van der Waals surface area contributed by atoms with Gasteiger partial charge in [-0.2, -0.15) is 5.10 Å². The summed E-state index contributed by atoms with van der Waals surface area (Å²) >= 11 is 0. The lowest BCUT2D eigenvalue weighted by Gasteiger charge is -1.98. The number of aliphatic carboxylic acids is 1. The van der Waals surface area contributed by atoms with Crippen molar-refractivity contribution in [2.24, 2.45) is 4.99 Å². The molecule has 0 aromatic carbocycles. The van der Waals surface area contributed by atoms with Crippen molar-refractivity contribution in [1.29, 1.82) is 0 Å². The lowest BCUT2D eigenvalue weighted by Crippen LogP contribution is -2.11. The lowest BCUT2D eigenvalue weighted by molar-refractivity contribution is -0.137. The van der Waals surface area contributed by atoms with E-state index in [-0.39, 0.29) is 6.54 Å². The zero-order chi connectivity index (χ0) is 10.7. The van der Waals surface area contributed by atoms with Crippen LogP contribution in [0.5, 0.6) is 0 Å². The monoisotopic (exact) mass is 193 g/mol. The van der Waals surface area contributed by atoms with Gasteiger partial charge >= 0.3 is 5.97 Å². The van der Waals surface area contributed by atoms with E-state index < -0.39 is 5.97 Å². The summed E-state index contributed by atoms with van der Waals surface area (Å²) in [5.41, 5.74) is 1.45. The zero-order valence-electron chi connectivity index (χ0n) is 7.90. The largest absolute Gasteiger partial charge is 0.480 e. The fourth-order valence-corrected chi connectivity index (χ4v) is 1.18. The summed E-state index contributed by atoms with van der Waals surface area (Å²) in [7, 11) is 0. The summed E-state index contributed by atoms with van der Waals surface area (Å²) in [6, 6.07) is 0. The smallest absolute Gasteiger partial charge is 0.325 e. The number of aliphatic imine (C=N–C) groups is 1. The molecule has 5 nitrogen and oxygen atoms in total. The number of hydrogen-bond donors (Lipinski definition) is 1. The fourth-order valence-electron chi connectivity index (χ4n) is 1.18. The quantitative estimate of drug-likeness (QED) is 0.732. The summed E-state index contributed by atoms with van der Waals surface area (Å²) in [5.74, 6) is -0.527. The summed E-state index contributed by atoms with van der Waals surface area (Å²) in [4.78, 5) is 14.2. The number of aromatic nitrogens is 2. The van der Waals surface area contributed by atoms with Crippen LogP contribution in [0.1, 0.15) is 11.3 Å². The molecule has 0 aliphatic rings. The highest BCUT2D eigenvalue weighted by Crippen LogP contribution is 2.21. The minimum Gasteiger partial charge on any atom is -0.480 e. The molecule has 1 rings (SSSR count). The van der Waals surface area contributed by atoms with Crippen molar-refractivity contribution in [2.75, 3.05) is 0 Å². The van der Waals surface area contributed by atoms with E-state index in [9.17, 15) is 4.79 Å². The van der Waals surface area contributed by atoms with Crippen LogP contribution in [0.15, 0.2) is 11.6 Å². The molecule has 0 bridgehead atoms. The molecule has 0 fully saturated rings. The Morgan fingerprint density at radius 1 is 1.79 bits per heavy atom. The standard InChI is InChI=1S/C9H11N3O2/c1-4-7-6(2)12(5-8(13)14)11-9(7)10-3/h4H,1,3,5H2,2H3,(H,13,14). The number of carboxylic acid groups (broad SMARTS) is 1. The molecule has 0 aliphatic carbocycles. The highest BCUT2D eigenvalue weighted by molar-refractivity contribution is 5.68. The van der Waals surface area contributed by atoms with Gasteiger partial charge in [-0.15, -0.1) is 0 Å². The first-order valence-electron chi connectivity index (χ1n) is 3.98. The molecule has 0 saturated heterocycles. The molecule has 1 N–H and O–H groups in total. The van der Waals surface area contributed by atoms with Gasteiger partial charge in [0.2, 0.25) is 0 Å². The second kappa shape index (κ2) is 3.87. The van der Waals surface area contributed by atoms with Crippen molar-refractivity contribution in [3.8, 4) is 0 Å². The predicted octanol–water partition coefficient (Wildman–Crippen LogP) is 1.25. The highest BCUT2D eigenvalue weighted by Gasteiger charge is 2.12. The molecule has 0 atom stereocenters. The topological polar surface area (TPSA) is 67.5 Å². The highest BCUT2D eigenvalue weighted by atomic mass is 16.4. The van der Waals surface area contributed by atoms with E-state index in [1.165, 1.54) is 4.68 Å². The molecule has 0 spiro atoms. The molecule has 1 aromatic heterocycles. The molecule has 0 radical (unpaired) electrons. The Kier molecular flexibility index (Phi) is 2.81. The van der Waals surface area contributed by atoms with Crippen molar-refractivity contribution in [3.63, 3.8) is 0 Å². The van der Waals surface area contributed by atoms with Gasteiger partial charge < -0.3 is 5.11 Å². The van der Waals surface area contributed by atoms with Gasteiger partial charge in [0.05, 0.1) is 0 Å². The summed E-state index contributed by atoms with van der Waals surface area (Å²) in [5, 5.41) is 12.6. The third-order valence-electron chi connectivity index (χ3n) is 1.87. The first kappa shape index (κ1) is 10.2. The van der Waals surface area contributed by atoms with Crippen LogP contribution in [-0.2, 0) is 11.3 Å². The van der Waals surface area contributed by atoms with E-state index in [2.05, 4.69) is 23.4 Å². The molecule has 0 amide bonds. The van der Waals surface area contributed by atoms with Crippen LogP contribution >= 0.6 is 0 Å². The number of hydrogen-bond acceptors (Lipinski definition) is 3. The minimum atomic E-state index is -0.943. The van der Waals surface area contributed by atoms with E-state index in [1.54, 1.807) is 13.0 Å². The number of carbonyl (C=O) groups is 1. The van der Waals surface area contributed by atoms with E-state index in [0.29, 0.717) is 5.82 Å². The Bertz CT molecular complexity index is 393. The molecule has 14 heavy (non-hydrogen) atoms. The van der Waals surface area contributed by atoms with E-state index in [4.69, 9.17) is 5.11 Å². The zero-order valence-corrected chi connectivity index (χ0v) is 7.90. The van der Waals surface area contributed by atoms with Crippen LogP contribution in [0.25, 0.3) is 6.08 Å². The minimum absolute atomic E-state index is 0.178. The molecular weight excluding hydrogens is 182 g/mol. The number of nitrogens with zero attached hydrogens (tertiary/aromatic N) is 3. The SMILES string of the molecule is C=Cc1c(N=C)nn(CC(=O)O)c1C. The van der Waals surface area contributed by atoms with Crippen LogP contribution < -0.4 is 0 Å². The average molecular weight is 193 g/mol. The van der Waals surface area contributed by atoms with Crippen LogP contribution in [-0.4, -0.2) is 27.6 Å². The van der Waals surface area contributed by atoms with Crippen LogP contribution in [0, 0.1) is 6.92 Å². The Labute approximate surface area is 81.4 Å². The maximum absolute atomic E-state index is 10.5. The molecule has 5 heteroatoms. The Morgan fingerprint density at radius 2 is 2.43 bits per heavy atom. The third kappa shape index (κ3) is 1.71. The Morgan fingerprint density at radius 3 is 2.79 bits per heavy atom. The van der Waals surface area contributed by atoms with Gasteiger partial charge in [-0.3, -0.25) is 9.48 Å². The normalized spacial score (nSPS) is 9.79. The Balaban J connectivity index is 3.19.